The van der Waals surface area contributed by atoms with Crippen molar-refractivity contribution < 1.29 is 9.21 Å². The van der Waals surface area contributed by atoms with Gasteiger partial charge in [0.05, 0.1) is 16.9 Å². The average Bonchev–Trinajstić information content (AvgIpc) is 2.83. The van der Waals surface area contributed by atoms with Crippen molar-refractivity contribution in [3.05, 3.63) is 59.1 Å². The fourth-order valence-corrected chi connectivity index (χ4v) is 2.26. The number of amides is 1. The summed E-state index contributed by atoms with van der Waals surface area (Å²) >= 11 is 0. The van der Waals surface area contributed by atoms with Gasteiger partial charge in [0.2, 0.25) is 5.91 Å². The molecule has 3 aromatic rings. The van der Waals surface area contributed by atoms with E-state index in [9.17, 15) is 9.59 Å². The Labute approximate surface area is 126 Å². The quantitative estimate of drug-likeness (QED) is 0.722. The number of carbonyl (C=O) groups excluding carboxylic acids is 1. The number of aromatic nitrogens is 1. The van der Waals surface area contributed by atoms with Crippen molar-refractivity contribution >= 4 is 28.4 Å². The molecule has 1 aromatic heterocycles. The molecule has 0 saturated carbocycles. The highest BCUT2D eigenvalue weighted by Crippen LogP contribution is 2.17. The largest absolute Gasteiger partial charge is 0.419 e. The Morgan fingerprint density at radius 1 is 1.14 bits per heavy atom. The molecule has 3 rings (SSSR count). The molecule has 0 aliphatic heterocycles. The molecular formula is C16H15N3O3. The number of oxazole rings is 1. The zero-order chi connectivity index (χ0) is 15.5. The van der Waals surface area contributed by atoms with Gasteiger partial charge in [0.1, 0.15) is 0 Å². The van der Waals surface area contributed by atoms with Crippen LogP contribution in [0.4, 0.5) is 11.4 Å². The molecule has 0 radical (unpaired) electrons. The van der Waals surface area contributed by atoms with Crippen LogP contribution in [-0.4, -0.2) is 10.5 Å². The van der Waals surface area contributed by atoms with Crippen LogP contribution in [0.25, 0.3) is 11.1 Å². The molecule has 0 aliphatic carbocycles. The number of hydrogen-bond donors (Lipinski definition) is 2. The van der Waals surface area contributed by atoms with Crippen molar-refractivity contribution in [2.75, 3.05) is 11.1 Å². The van der Waals surface area contributed by atoms with Crippen LogP contribution in [0.1, 0.15) is 6.42 Å². The number of nitrogens with zero attached hydrogens (tertiary/aromatic N) is 1. The molecule has 3 N–H and O–H groups in total. The van der Waals surface area contributed by atoms with Crippen molar-refractivity contribution in [1.29, 1.82) is 0 Å². The van der Waals surface area contributed by atoms with E-state index < -0.39 is 5.76 Å². The number of nitrogen functional groups attached to an aromatic ring is 1. The Kier molecular flexibility index (Phi) is 3.65. The molecule has 0 saturated heterocycles. The van der Waals surface area contributed by atoms with E-state index in [1.165, 1.54) is 4.57 Å². The SMILES string of the molecule is Nc1ccccc1NC(=O)CCn1c(=O)oc2ccccc21. The van der Waals surface area contributed by atoms with E-state index in [1.807, 2.05) is 6.07 Å². The monoisotopic (exact) mass is 297 g/mol. The van der Waals surface area contributed by atoms with Gasteiger partial charge in [-0.1, -0.05) is 24.3 Å². The maximum absolute atomic E-state index is 12.0. The van der Waals surface area contributed by atoms with Gasteiger partial charge in [0.15, 0.2) is 5.58 Å². The highest BCUT2D eigenvalue weighted by molar-refractivity contribution is 5.93. The zero-order valence-corrected chi connectivity index (χ0v) is 11.8. The Morgan fingerprint density at radius 3 is 2.68 bits per heavy atom. The topological polar surface area (TPSA) is 90.3 Å². The van der Waals surface area contributed by atoms with Gasteiger partial charge in [-0.25, -0.2) is 4.79 Å². The predicted octanol–water partition coefficient (Wildman–Crippen LogP) is 2.21. The summed E-state index contributed by atoms with van der Waals surface area (Å²) in [5, 5.41) is 2.73. The maximum Gasteiger partial charge on any atom is 0.419 e. The number of rotatable bonds is 4. The summed E-state index contributed by atoms with van der Waals surface area (Å²) in [6, 6.07) is 14.1. The minimum Gasteiger partial charge on any atom is -0.408 e. The van der Waals surface area contributed by atoms with Gasteiger partial charge >= 0.3 is 5.76 Å². The molecule has 22 heavy (non-hydrogen) atoms. The van der Waals surface area contributed by atoms with Gasteiger partial charge in [0, 0.05) is 13.0 Å². The first kappa shape index (κ1) is 13.9. The van der Waals surface area contributed by atoms with E-state index >= 15 is 0 Å². The van der Waals surface area contributed by atoms with E-state index in [1.54, 1.807) is 42.5 Å². The number of carbonyl (C=O) groups is 1. The summed E-state index contributed by atoms with van der Waals surface area (Å²) in [5.41, 5.74) is 8.04. The molecule has 0 unspecified atom stereocenters. The third kappa shape index (κ3) is 2.71. The number of nitrogens with one attached hydrogen (secondary N) is 1. The lowest BCUT2D eigenvalue weighted by Gasteiger charge is -2.07. The lowest BCUT2D eigenvalue weighted by atomic mass is 10.2. The summed E-state index contributed by atoms with van der Waals surface area (Å²) in [4.78, 5) is 23.8. The molecule has 6 nitrogen and oxygen atoms in total. The first-order chi connectivity index (χ1) is 10.6. The molecule has 1 amide bonds. The van der Waals surface area contributed by atoms with Gasteiger partial charge in [-0.2, -0.15) is 0 Å². The minimum atomic E-state index is -0.465. The number of hydrogen-bond acceptors (Lipinski definition) is 4. The van der Waals surface area contributed by atoms with Gasteiger partial charge in [-0.3, -0.25) is 9.36 Å². The lowest BCUT2D eigenvalue weighted by molar-refractivity contribution is -0.116. The number of nitrogens with two attached hydrogens (primary N) is 1. The smallest absolute Gasteiger partial charge is 0.408 e. The van der Waals surface area contributed by atoms with E-state index in [-0.39, 0.29) is 18.9 Å². The third-order valence-electron chi connectivity index (χ3n) is 3.37. The van der Waals surface area contributed by atoms with Crippen LogP contribution in [0.15, 0.2) is 57.7 Å². The van der Waals surface area contributed by atoms with Crippen molar-refractivity contribution in [3.63, 3.8) is 0 Å². The molecule has 0 atom stereocenters. The average molecular weight is 297 g/mol. The van der Waals surface area contributed by atoms with Crippen LogP contribution in [0.2, 0.25) is 0 Å². The molecule has 112 valence electrons. The normalized spacial score (nSPS) is 10.7. The summed E-state index contributed by atoms with van der Waals surface area (Å²) in [6.45, 7) is 0.244. The standard InChI is InChI=1S/C16H15N3O3/c17-11-5-1-2-6-12(11)18-15(20)9-10-19-13-7-3-4-8-14(13)22-16(19)21/h1-8H,9-10,17H2,(H,18,20). The highest BCUT2D eigenvalue weighted by atomic mass is 16.4. The van der Waals surface area contributed by atoms with Crippen LogP contribution in [0.3, 0.4) is 0 Å². The van der Waals surface area contributed by atoms with Crippen LogP contribution in [-0.2, 0) is 11.3 Å². The molecule has 1 heterocycles. The van der Waals surface area contributed by atoms with E-state index in [4.69, 9.17) is 10.2 Å². The second kappa shape index (κ2) is 5.77. The second-order valence-electron chi connectivity index (χ2n) is 4.87. The van der Waals surface area contributed by atoms with Crippen LogP contribution >= 0.6 is 0 Å². The summed E-state index contributed by atoms with van der Waals surface area (Å²) in [5.74, 6) is -0.677. The zero-order valence-electron chi connectivity index (χ0n) is 11.8. The van der Waals surface area contributed by atoms with Gasteiger partial charge in [0.25, 0.3) is 0 Å². The summed E-state index contributed by atoms with van der Waals surface area (Å²) in [7, 11) is 0. The van der Waals surface area contributed by atoms with Crippen molar-refractivity contribution in [1.82, 2.24) is 4.57 Å². The molecule has 0 aliphatic rings. The highest BCUT2D eigenvalue weighted by Gasteiger charge is 2.11. The molecular weight excluding hydrogens is 282 g/mol. The van der Waals surface area contributed by atoms with Gasteiger partial charge < -0.3 is 15.5 Å². The molecule has 0 spiro atoms. The number of anilines is 2. The summed E-state index contributed by atoms with van der Waals surface area (Å²) in [6.07, 6.45) is 0.151. The third-order valence-corrected chi connectivity index (χ3v) is 3.37. The van der Waals surface area contributed by atoms with Crippen LogP contribution in [0.5, 0.6) is 0 Å². The van der Waals surface area contributed by atoms with Gasteiger partial charge in [-0.05, 0) is 24.3 Å². The maximum atomic E-state index is 12.0. The van der Waals surface area contributed by atoms with Crippen molar-refractivity contribution in [2.45, 2.75) is 13.0 Å². The molecule has 2 aromatic carbocycles. The number of benzene rings is 2. The van der Waals surface area contributed by atoms with E-state index in [2.05, 4.69) is 5.32 Å². The minimum absolute atomic E-state index is 0.151. The molecule has 6 heteroatoms. The van der Waals surface area contributed by atoms with Crippen LogP contribution in [0, 0.1) is 0 Å². The second-order valence-corrected chi connectivity index (χ2v) is 4.87. The Bertz CT molecular complexity index is 879. The predicted molar refractivity (Wildman–Crippen MR) is 84.6 cm³/mol. The fourth-order valence-electron chi connectivity index (χ4n) is 2.26. The number of para-hydroxylation sites is 4. The van der Waals surface area contributed by atoms with Gasteiger partial charge in [-0.15, -0.1) is 0 Å². The Hall–Kier alpha value is -3.02. The first-order valence-corrected chi connectivity index (χ1v) is 6.88. The Balaban J connectivity index is 1.72. The molecule has 0 bridgehead atoms. The Morgan fingerprint density at radius 2 is 1.86 bits per heavy atom. The number of fused-ring (bicyclic) bond motifs is 1. The van der Waals surface area contributed by atoms with Crippen LogP contribution < -0.4 is 16.8 Å². The van der Waals surface area contributed by atoms with Crippen molar-refractivity contribution in [3.8, 4) is 0 Å². The van der Waals surface area contributed by atoms with Crippen molar-refractivity contribution in [2.24, 2.45) is 0 Å². The lowest BCUT2D eigenvalue weighted by Crippen LogP contribution is -2.20. The fraction of sp³-hybridized carbons (Fsp3) is 0.125. The van der Waals surface area contributed by atoms with E-state index in [0.29, 0.717) is 22.5 Å². The number of aryl methyl sites for hydroxylation is 1. The molecule has 0 fully saturated rings. The first-order valence-electron chi connectivity index (χ1n) is 6.88. The summed E-state index contributed by atoms with van der Waals surface area (Å²) < 4.78 is 6.57. The van der Waals surface area contributed by atoms with E-state index in [0.717, 1.165) is 0 Å².